The van der Waals surface area contributed by atoms with Gasteiger partial charge in [-0.2, -0.15) is 0 Å². The molecule has 0 bridgehead atoms. The molecule has 0 amide bonds. The van der Waals surface area contributed by atoms with Crippen LogP contribution in [0.2, 0.25) is 0 Å². The van der Waals surface area contributed by atoms with E-state index in [1.807, 2.05) is 6.07 Å². The van der Waals surface area contributed by atoms with Crippen LogP contribution in [0.25, 0.3) is 0 Å². The quantitative estimate of drug-likeness (QED) is 0.881. The predicted molar refractivity (Wildman–Crippen MR) is 64.8 cm³/mol. The first-order valence-corrected chi connectivity index (χ1v) is 6.17. The Hall–Kier alpha value is -0.540. The Morgan fingerprint density at radius 3 is 2.93 bits per heavy atom. The maximum Gasteiger partial charge on any atom is 0.115 e. The van der Waals surface area contributed by atoms with Gasteiger partial charge in [0.25, 0.3) is 0 Å². The summed E-state index contributed by atoms with van der Waals surface area (Å²) in [5, 5.41) is 12.9. The molecule has 1 saturated carbocycles. The average molecular weight is 270 g/mol. The largest absolute Gasteiger partial charge is 0.508 e. The van der Waals surface area contributed by atoms with Gasteiger partial charge in [0.1, 0.15) is 5.75 Å². The summed E-state index contributed by atoms with van der Waals surface area (Å²) in [5.74, 6) is 1.19. The van der Waals surface area contributed by atoms with Gasteiger partial charge in [-0.3, -0.25) is 0 Å². The van der Waals surface area contributed by atoms with Crippen molar-refractivity contribution >= 4 is 15.9 Å². The first kappa shape index (κ1) is 11.0. The Bertz CT molecular complexity index is 349. The van der Waals surface area contributed by atoms with Crippen LogP contribution in [0.1, 0.15) is 25.3 Å². The fraction of sp³-hybridized carbons (Fsp3) is 0.500. The summed E-state index contributed by atoms with van der Waals surface area (Å²) in [6.45, 7) is 3.04. The highest BCUT2D eigenvalue weighted by atomic mass is 79.9. The molecule has 2 nitrogen and oxygen atoms in total. The highest BCUT2D eigenvalue weighted by Gasteiger charge is 2.27. The van der Waals surface area contributed by atoms with Crippen LogP contribution in [0.5, 0.6) is 5.75 Å². The van der Waals surface area contributed by atoms with E-state index >= 15 is 0 Å². The van der Waals surface area contributed by atoms with Crippen LogP contribution in [0.4, 0.5) is 0 Å². The molecule has 2 rings (SSSR count). The van der Waals surface area contributed by atoms with E-state index in [0.717, 1.165) is 22.5 Å². The van der Waals surface area contributed by atoms with E-state index < -0.39 is 0 Å². The van der Waals surface area contributed by atoms with Gasteiger partial charge in [0.05, 0.1) is 0 Å². The molecule has 0 spiro atoms. The average Bonchev–Trinajstić information content (AvgIpc) is 3.02. The SMILES string of the molecule is CC(NCc1cc(O)ccc1Br)C1CC1. The second-order valence-corrected chi connectivity index (χ2v) is 5.14. The number of phenols is 1. The minimum Gasteiger partial charge on any atom is -0.508 e. The molecule has 1 fully saturated rings. The number of hydrogen-bond acceptors (Lipinski definition) is 2. The maximum atomic E-state index is 9.38. The molecule has 1 aromatic rings. The minimum atomic E-state index is 0.328. The van der Waals surface area contributed by atoms with Crippen LogP contribution in [-0.2, 0) is 6.54 Å². The van der Waals surface area contributed by atoms with Crippen molar-refractivity contribution in [2.75, 3.05) is 0 Å². The maximum absolute atomic E-state index is 9.38. The third-order valence-corrected chi connectivity index (χ3v) is 3.75. The summed E-state index contributed by atoms with van der Waals surface area (Å²) < 4.78 is 1.05. The molecule has 1 aromatic carbocycles. The number of rotatable bonds is 4. The van der Waals surface area contributed by atoms with Gasteiger partial charge in [0.15, 0.2) is 0 Å². The topological polar surface area (TPSA) is 32.3 Å². The first-order chi connectivity index (χ1) is 7.16. The fourth-order valence-corrected chi connectivity index (χ4v) is 2.12. The molecule has 0 aromatic heterocycles. The van der Waals surface area contributed by atoms with Gasteiger partial charge >= 0.3 is 0 Å². The molecule has 15 heavy (non-hydrogen) atoms. The Morgan fingerprint density at radius 2 is 2.27 bits per heavy atom. The lowest BCUT2D eigenvalue weighted by molar-refractivity contribution is 0.470. The van der Waals surface area contributed by atoms with Crippen molar-refractivity contribution in [2.45, 2.75) is 32.4 Å². The number of halogens is 1. The number of phenolic OH excluding ortho intramolecular Hbond substituents is 1. The molecular formula is C12H16BrNO. The number of hydrogen-bond donors (Lipinski definition) is 2. The third-order valence-electron chi connectivity index (χ3n) is 2.97. The normalized spacial score (nSPS) is 17.7. The van der Waals surface area contributed by atoms with Crippen molar-refractivity contribution in [3.05, 3.63) is 28.2 Å². The first-order valence-electron chi connectivity index (χ1n) is 5.37. The van der Waals surface area contributed by atoms with Crippen LogP contribution in [0.3, 0.4) is 0 Å². The van der Waals surface area contributed by atoms with Crippen molar-refractivity contribution in [1.29, 1.82) is 0 Å². The van der Waals surface area contributed by atoms with E-state index in [1.165, 1.54) is 12.8 Å². The second kappa shape index (κ2) is 4.54. The van der Waals surface area contributed by atoms with Crippen molar-refractivity contribution in [2.24, 2.45) is 5.92 Å². The summed E-state index contributed by atoms with van der Waals surface area (Å²) >= 11 is 3.48. The molecular weight excluding hydrogens is 254 g/mol. The molecule has 0 radical (unpaired) electrons. The van der Waals surface area contributed by atoms with Gasteiger partial charge in [-0.05, 0) is 49.4 Å². The molecule has 0 aliphatic heterocycles. The summed E-state index contributed by atoms with van der Waals surface area (Å²) in [4.78, 5) is 0. The van der Waals surface area contributed by atoms with E-state index in [4.69, 9.17) is 0 Å². The predicted octanol–water partition coefficient (Wildman–Crippen LogP) is 3.04. The number of benzene rings is 1. The van der Waals surface area contributed by atoms with Gasteiger partial charge in [0.2, 0.25) is 0 Å². The van der Waals surface area contributed by atoms with Crippen LogP contribution >= 0.6 is 15.9 Å². The second-order valence-electron chi connectivity index (χ2n) is 4.28. The Balaban J connectivity index is 1.94. The smallest absolute Gasteiger partial charge is 0.115 e. The van der Waals surface area contributed by atoms with E-state index in [2.05, 4.69) is 28.2 Å². The zero-order chi connectivity index (χ0) is 10.8. The van der Waals surface area contributed by atoms with Crippen molar-refractivity contribution in [3.8, 4) is 5.75 Å². The van der Waals surface area contributed by atoms with Crippen molar-refractivity contribution < 1.29 is 5.11 Å². The molecule has 1 aliphatic carbocycles. The molecule has 3 heteroatoms. The molecule has 1 atom stereocenters. The van der Waals surface area contributed by atoms with Crippen LogP contribution in [0.15, 0.2) is 22.7 Å². The van der Waals surface area contributed by atoms with Crippen molar-refractivity contribution in [3.63, 3.8) is 0 Å². The van der Waals surface area contributed by atoms with Crippen LogP contribution < -0.4 is 5.32 Å². The van der Waals surface area contributed by atoms with Crippen molar-refractivity contribution in [1.82, 2.24) is 5.32 Å². The Morgan fingerprint density at radius 1 is 1.53 bits per heavy atom. The molecule has 1 unspecified atom stereocenters. The molecule has 82 valence electrons. The van der Waals surface area contributed by atoms with Gasteiger partial charge in [-0.1, -0.05) is 15.9 Å². The van der Waals surface area contributed by atoms with Gasteiger partial charge in [-0.15, -0.1) is 0 Å². The molecule has 0 heterocycles. The van der Waals surface area contributed by atoms with Crippen LogP contribution in [0, 0.1) is 5.92 Å². The van der Waals surface area contributed by atoms with Crippen LogP contribution in [-0.4, -0.2) is 11.1 Å². The molecule has 0 saturated heterocycles. The Kier molecular flexibility index (Phi) is 3.32. The van der Waals surface area contributed by atoms with E-state index in [1.54, 1.807) is 12.1 Å². The van der Waals surface area contributed by atoms with E-state index in [-0.39, 0.29) is 0 Å². The van der Waals surface area contributed by atoms with E-state index in [9.17, 15) is 5.11 Å². The minimum absolute atomic E-state index is 0.328. The summed E-state index contributed by atoms with van der Waals surface area (Å²) in [6, 6.07) is 5.96. The third kappa shape index (κ3) is 2.95. The summed E-state index contributed by atoms with van der Waals surface area (Å²) in [6.07, 6.45) is 2.71. The standard InChI is InChI=1S/C12H16BrNO/c1-8(9-2-3-9)14-7-10-6-11(15)4-5-12(10)13/h4-6,8-9,14-15H,2-3,7H2,1H3. The van der Waals surface area contributed by atoms with Gasteiger partial charge < -0.3 is 10.4 Å². The van der Waals surface area contributed by atoms with Gasteiger partial charge in [0, 0.05) is 17.1 Å². The molecule has 1 aliphatic rings. The fourth-order valence-electron chi connectivity index (χ4n) is 1.73. The monoisotopic (exact) mass is 269 g/mol. The lowest BCUT2D eigenvalue weighted by Gasteiger charge is -2.13. The zero-order valence-electron chi connectivity index (χ0n) is 8.83. The van der Waals surface area contributed by atoms with Gasteiger partial charge in [-0.25, -0.2) is 0 Å². The number of aromatic hydroxyl groups is 1. The summed E-state index contributed by atoms with van der Waals surface area (Å²) in [7, 11) is 0. The highest BCUT2D eigenvalue weighted by molar-refractivity contribution is 9.10. The lowest BCUT2D eigenvalue weighted by atomic mass is 10.1. The summed E-state index contributed by atoms with van der Waals surface area (Å²) in [5.41, 5.74) is 1.11. The Labute approximate surface area is 98.8 Å². The number of nitrogens with one attached hydrogen (secondary N) is 1. The zero-order valence-corrected chi connectivity index (χ0v) is 10.4. The molecule has 2 N–H and O–H groups in total. The highest BCUT2D eigenvalue weighted by Crippen LogP contribution is 2.32. The lowest BCUT2D eigenvalue weighted by Crippen LogP contribution is -2.27. The van der Waals surface area contributed by atoms with E-state index in [0.29, 0.717) is 11.8 Å².